The first kappa shape index (κ1) is 17.4. The first-order valence-corrected chi connectivity index (χ1v) is 7.76. The van der Waals surface area contributed by atoms with Crippen LogP contribution in [0.4, 0.5) is 18.9 Å². The van der Waals surface area contributed by atoms with Gasteiger partial charge in [-0.3, -0.25) is 4.79 Å². The molecule has 0 radical (unpaired) electrons. The first-order valence-electron chi connectivity index (χ1n) is 7.38. The fourth-order valence-corrected chi connectivity index (χ4v) is 2.61. The minimum Gasteiger partial charge on any atom is -0.486 e. The molecule has 0 aliphatic carbocycles. The number of anilines is 1. The van der Waals surface area contributed by atoms with Gasteiger partial charge in [-0.2, -0.15) is 13.2 Å². The van der Waals surface area contributed by atoms with Crippen molar-refractivity contribution in [1.29, 1.82) is 0 Å². The molecule has 1 N–H and O–H groups in total. The summed E-state index contributed by atoms with van der Waals surface area (Å²) < 4.78 is 50.0. The second-order valence-electron chi connectivity index (χ2n) is 5.39. The van der Waals surface area contributed by atoms with Crippen LogP contribution in [0.15, 0.2) is 36.4 Å². The topological polar surface area (TPSA) is 47.6 Å². The predicted octanol–water partition coefficient (Wildman–Crippen LogP) is 4.31. The van der Waals surface area contributed by atoms with E-state index in [9.17, 15) is 18.0 Å². The first-order chi connectivity index (χ1) is 11.8. The number of hydrogen-bond acceptors (Lipinski definition) is 3. The van der Waals surface area contributed by atoms with Crippen LogP contribution in [0.2, 0.25) is 5.02 Å². The lowest BCUT2D eigenvalue weighted by Gasteiger charge is -2.19. The van der Waals surface area contributed by atoms with Crippen LogP contribution in [-0.4, -0.2) is 19.1 Å². The Morgan fingerprint density at radius 1 is 1.08 bits per heavy atom. The van der Waals surface area contributed by atoms with Crippen LogP contribution in [0, 0.1) is 0 Å². The van der Waals surface area contributed by atoms with E-state index in [1.807, 2.05) is 0 Å². The molecule has 132 valence electrons. The molecule has 1 aliphatic heterocycles. The molecule has 0 saturated carbocycles. The normalized spacial score (nSPS) is 13.4. The number of fused-ring (bicyclic) bond motifs is 1. The van der Waals surface area contributed by atoms with Crippen LogP contribution in [0.25, 0.3) is 0 Å². The van der Waals surface area contributed by atoms with E-state index in [-0.39, 0.29) is 17.1 Å². The molecule has 1 heterocycles. The number of amides is 1. The Hall–Kier alpha value is -2.41. The molecule has 0 spiro atoms. The van der Waals surface area contributed by atoms with Crippen molar-refractivity contribution in [2.24, 2.45) is 0 Å². The van der Waals surface area contributed by atoms with Gasteiger partial charge in [0.1, 0.15) is 13.2 Å². The van der Waals surface area contributed by atoms with E-state index in [1.165, 1.54) is 6.07 Å². The van der Waals surface area contributed by atoms with E-state index in [4.69, 9.17) is 21.1 Å². The van der Waals surface area contributed by atoms with E-state index in [2.05, 4.69) is 5.32 Å². The zero-order valence-electron chi connectivity index (χ0n) is 12.8. The van der Waals surface area contributed by atoms with Crippen molar-refractivity contribution in [2.75, 3.05) is 18.5 Å². The highest BCUT2D eigenvalue weighted by molar-refractivity contribution is 6.30. The standard InChI is InChI=1S/C17H13ClF3NO3/c18-11-2-3-13(12(9-11)17(19,20)21)22-16(23)8-10-1-4-14-15(7-10)25-6-5-24-14/h1-4,7,9H,5-6,8H2,(H,22,23). The maximum Gasteiger partial charge on any atom is 0.418 e. The van der Waals surface area contributed by atoms with Gasteiger partial charge in [-0.05, 0) is 35.9 Å². The van der Waals surface area contributed by atoms with Gasteiger partial charge >= 0.3 is 6.18 Å². The number of rotatable bonds is 3. The van der Waals surface area contributed by atoms with E-state index in [0.717, 1.165) is 12.1 Å². The summed E-state index contributed by atoms with van der Waals surface area (Å²) >= 11 is 5.62. The Morgan fingerprint density at radius 2 is 1.80 bits per heavy atom. The highest BCUT2D eigenvalue weighted by Gasteiger charge is 2.34. The van der Waals surface area contributed by atoms with Crippen LogP contribution < -0.4 is 14.8 Å². The van der Waals surface area contributed by atoms with Crippen molar-refractivity contribution in [3.05, 3.63) is 52.5 Å². The van der Waals surface area contributed by atoms with Crippen molar-refractivity contribution in [1.82, 2.24) is 0 Å². The number of carbonyl (C=O) groups is 1. The number of benzene rings is 2. The molecule has 8 heteroatoms. The molecule has 25 heavy (non-hydrogen) atoms. The Balaban J connectivity index is 1.75. The van der Waals surface area contributed by atoms with Crippen LogP contribution in [0.1, 0.15) is 11.1 Å². The average Bonchev–Trinajstić information content (AvgIpc) is 2.55. The van der Waals surface area contributed by atoms with Crippen molar-refractivity contribution >= 4 is 23.2 Å². The third-order valence-corrected chi connectivity index (χ3v) is 3.77. The van der Waals surface area contributed by atoms with Gasteiger partial charge in [0.25, 0.3) is 0 Å². The average molecular weight is 372 g/mol. The highest BCUT2D eigenvalue weighted by atomic mass is 35.5. The van der Waals surface area contributed by atoms with Gasteiger partial charge in [0.15, 0.2) is 11.5 Å². The number of nitrogens with one attached hydrogen (secondary N) is 1. The van der Waals surface area contributed by atoms with Crippen molar-refractivity contribution in [3.8, 4) is 11.5 Å². The van der Waals surface area contributed by atoms with Gasteiger partial charge in [-0.1, -0.05) is 17.7 Å². The largest absolute Gasteiger partial charge is 0.486 e. The molecule has 0 fully saturated rings. The summed E-state index contributed by atoms with van der Waals surface area (Å²) in [5.41, 5.74) is -0.723. The minimum absolute atomic E-state index is 0.0582. The Morgan fingerprint density at radius 3 is 2.52 bits per heavy atom. The number of alkyl halides is 3. The SMILES string of the molecule is O=C(Cc1ccc2c(c1)OCCO2)Nc1ccc(Cl)cc1C(F)(F)F. The quantitative estimate of drug-likeness (QED) is 0.874. The smallest absolute Gasteiger partial charge is 0.418 e. The van der Waals surface area contributed by atoms with Crippen LogP contribution in [0.5, 0.6) is 11.5 Å². The predicted molar refractivity (Wildman–Crippen MR) is 86.2 cm³/mol. The summed E-state index contributed by atoms with van der Waals surface area (Å²) in [7, 11) is 0. The van der Waals surface area contributed by atoms with E-state index < -0.39 is 17.6 Å². The summed E-state index contributed by atoms with van der Waals surface area (Å²) in [5, 5.41) is 2.23. The molecular weight excluding hydrogens is 359 g/mol. The molecule has 4 nitrogen and oxygen atoms in total. The highest BCUT2D eigenvalue weighted by Crippen LogP contribution is 2.36. The van der Waals surface area contributed by atoms with Crippen LogP contribution in [-0.2, 0) is 17.4 Å². The Kier molecular flexibility index (Phi) is 4.76. The lowest BCUT2D eigenvalue weighted by Crippen LogP contribution is -2.19. The molecule has 0 bridgehead atoms. The molecule has 3 rings (SSSR count). The molecule has 0 saturated heterocycles. The number of hydrogen-bond donors (Lipinski definition) is 1. The van der Waals surface area contributed by atoms with Gasteiger partial charge in [0.05, 0.1) is 17.7 Å². The summed E-state index contributed by atoms with van der Waals surface area (Å²) in [4.78, 5) is 12.1. The van der Waals surface area contributed by atoms with Gasteiger partial charge < -0.3 is 14.8 Å². The lowest BCUT2D eigenvalue weighted by atomic mass is 10.1. The Labute approximate surface area is 146 Å². The maximum absolute atomic E-state index is 13.1. The minimum atomic E-state index is -4.62. The second kappa shape index (κ2) is 6.84. The van der Waals surface area contributed by atoms with E-state index >= 15 is 0 Å². The van der Waals surface area contributed by atoms with Gasteiger partial charge in [-0.25, -0.2) is 0 Å². The van der Waals surface area contributed by atoms with Crippen molar-refractivity contribution < 1.29 is 27.4 Å². The molecule has 2 aromatic carbocycles. The molecular formula is C17H13ClF3NO3. The lowest BCUT2D eigenvalue weighted by molar-refractivity contribution is -0.137. The van der Waals surface area contributed by atoms with Crippen LogP contribution in [0.3, 0.4) is 0 Å². The van der Waals surface area contributed by atoms with Crippen molar-refractivity contribution in [2.45, 2.75) is 12.6 Å². The van der Waals surface area contributed by atoms with Crippen molar-refractivity contribution in [3.63, 3.8) is 0 Å². The van der Waals surface area contributed by atoms with E-state index in [0.29, 0.717) is 30.3 Å². The fourth-order valence-electron chi connectivity index (χ4n) is 2.44. The molecule has 1 aliphatic rings. The molecule has 1 amide bonds. The van der Waals surface area contributed by atoms with Crippen LogP contribution >= 0.6 is 11.6 Å². The molecule has 0 atom stereocenters. The van der Waals surface area contributed by atoms with Gasteiger partial charge in [0.2, 0.25) is 5.91 Å². The summed E-state index contributed by atoms with van der Waals surface area (Å²) in [6.07, 6.45) is -4.72. The molecule has 0 aromatic heterocycles. The van der Waals surface area contributed by atoms with E-state index in [1.54, 1.807) is 18.2 Å². The second-order valence-corrected chi connectivity index (χ2v) is 5.83. The molecule has 0 unspecified atom stereocenters. The third-order valence-electron chi connectivity index (χ3n) is 3.53. The monoisotopic (exact) mass is 371 g/mol. The molecule has 2 aromatic rings. The van der Waals surface area contributed by atoms with Gasteiger partial charge in [0, 0.05) is 5.02 Å². The number of ether oxygens (including phenoxy) is 2. The number of halogens is 4. The third kappa shape index (κ3) is 4.17. The summed E-state index contributed by atoms with van der Waals surface area (Å²) in [5.74, 6) is 0.510. The fraction of sp³-hybridized carbons (Fsp3) is 0.235. The van der Waals surface area contributed by atoms with Gasteiger partial charge in [-0.15, -0.1) is 0 Å². The Bertz CT molecular complexity index is 808. The number of carbonyl (C=O) groups excluding carboxylic acids is 1. The maximum atomic E-state index is 13.1. The summed E-state index contributed by atoms with van der Waals surface area (Å²) in [6, 6.07) is 8.17. The zero-order valence-corrected chi connectivity index (χ0v) is 13.6. The summed E-state index contributed by atoms with van der Waals surface area (Å²) in [6.45, 7) is 0.853. The zero-order chi connectivity index (χ0) is 18.0.